The summed E-state index contributed by atoms with van der Waals surface area (Å²) in [6, 6.07) is 34.0. The molecule has 0 fully saturated rings. The number of benzene rings is 4. The molecule has 1 heterocycles. The maximum atomic E-state index is 13.5. The van der Waals surface area contributed by atoms with Gasteiger partial charge in [0.05, 0.1) is 27.0 Å². The van der Waals surface area contributed by atoms with E-state index < -0.39 is 0 Å². The van der Waals surface area contributed by atoms with Crippen LogP contribution in [0.2, 0.25) is 10.0 Å². The van der Waals surface area contributed by atoms with Gasteiger partial charge in [-0.1, -0.05) is 108 Å². The van der Waals surface area contributed by atoms with Crippen LogP contribution in [0.25, 0.3) is 16.9 Å². The predicted octanol–water partition coefficient (Wildman–Crippen LogP) is 7.03. The van der Waals surface area contributed by atoms with Crippen molar-refractivity contribution in [2.45, 2.75) is 0 Å². The van der Waals surface area contributed by atoms with E-state index in [4.69, 9.17) is 28.3 Å². The minimum atomic E-state index is -0.385. The third kappa shape index (κ3) is 5.08. The fourth-order valence-corrected chi connectivity index (χ4v) is 4.06. The number of halogens is 2. The number of aromatic nitrogens is 2. The standard InChI is InChI=1S/C29H20Cl2N4O/c30-25-17-16-22(18-26(25)31)27(20-10-4-1-5-11-20)32-33-29(36)24-19-35(23-14-8-3-9-15-23)34-28(24)21-12-6-2-7-13-21/h1-19H,(H,33,36)/b32-27+. The molecule has 4 aromatic carbocycles. The van der Waals surface area contributed by atoms with Gasteiger partial charge >= 0.3 is 0 Å². The Bertz CT molecular complexity index is 1530. The Morgan fingerprint density at radius 2 is 1.39 bits per heavy atom. The Labute approximate surface area is 218 Å². The number of hydrogen-bond acceptors (Lipinski definition) is 3. The van der Waals surface area contributed by atoms with Crippen LogP contribution in [0.5, 0.6) is 0 Å². The van der Waals surface area contributed by atoms with E-state index in [0.29, 0.717) is 27.0 Å². The topological polar surface area (TPSA) is 59.3 Å². The van der Waals surface area contributed by atoms with Crippen molar-refractivity contribution in [3.8, 4) is 16.9 Å². The van der Waals surface area contributed by atoms with E-state index >= 15 is 0 Å². The predicted molar refractivity (Wildman–Crippen MR) is 145 cm³/mol. The molecule has 0 aliphatic rings. The quantitative estimate of drug-likeness (QED) is 0.197. The van der Waals surface area contributed by atoms with E-state index in [9.17, 15) is 4.79 Å². The molecule has 1 aromatic heterocycles. The van der Waals surface area contributed by atoms with Crippen LogP contribution in [0.3, 0.4) is 0 Å². The van der Waals surface area contributed by atoms with Gasteiger partial charge in [0.1, 0.15) is 5.69 Å². The highest BCUT2D eigenvalue weighted by atomic mass is 35.5. The largest absolute Gasteiger partial charge is 0.275 e. The van der Waals surface area contributed by atoms with Crippen LogP contribution in [-0.4, -0.2) is 21.4 Å². The van der Waals surface area contributed by atoms with Gasteiger partial charge in [-0.2, -0.15) is 10.2 Å². The highest BCUT2D eigenvalue weighted by Gasteiger charge is 2.19. The summed E-state index contributed by atoms with van der Waals surface area (Å²) >= 11 is 12.4. The first-order valence-electron chi connectivity index (χ1n) is 11.2. The van der Waals surface area contributed by atoms with E-state index in [2.05, 4.69) is 10.5 Å². The fourth-order valence-electron chi connectivity index (χ4n) is 3.76. The Balaban J connectivity index is 1.55. The van der Waals surface area contributed by atoms with Crippen molar-refractivity contribution in [2.24, 2.45) is 5.10 Å². The van der Waals surface area contributed by atoms with Gasteiger partial charge in [0.25, 0.3) is 5.91 Å². The second-order valence-corrected chi connectivity index (χ2v) is 8.75. The first-order chi connectivity index (χ1) is 17.6. The molecule has 0 atom stereocenters. The molecular weight excluding hydrogens is 491 g/mol. The number of carbonyl (C=O) groups is 1. The minimum absolute atomic E-state index is 0.385. The first kappa shape index (κ1) is 23.5. The van der Waals surface area contributed by atoms with E-state index in [0.717, 1.165) is 22.4 Å². The average molecular weight is 511 g/mol. The number of amides is 1. The molecule has 5 nitrogen and oxygen atoms in total. The molecular formula is C29H20Cl2N4O. The first-order valence-corrected chi connectivity index (χ1v) is 11.9. The van der Waals surface area contributed by atoms with Crippen molar-refractivity contribution in [3.05, 3.63) is 142 Å². The summed E-state index contributed by atoms with van der Waals surface area (Å²) in [4.78, 5) is 13.5. The van der Waals surface area contributed by atoms with E-state index in [1.54, 1.807) is 23.0 Å². The monoisotopic (exact) mass is 510 g/mol. The maximum absolute atomic E-state index is 13.5. The Morgan fingerprint density at radius 1 is 0.750 bits per heavy atom. The smallest absolute Gasteiger partial charge is 0.267 e. The summed E-state index contributed by atoms with van der Waals surface area (Å²) in [5.41, 5.74) is 7.45. The normalized spacial score (nSPS) is 11.3. The second kappa shape index (κ2) is 10.6. The van der Waals surface area contributed by atoms with Gasteiger partial charge in [0.2, 0.25) is 0 Å². The molecule has 1 amide bonds. The Kier molecular flexibility index (Phi) is 6.94. The lowest BCUT2D eigenvalue weighted by atomic mass is 10.0. The number of para-hydroxylation sites is 1. The number of hydrogen-bond donors (Lipinski definition) is 1. The number of rotatable bonds is 6. The van der Waals surface area contributed by atoms with Crippen LogP contribution in [0, 0.1) is 0 Å². The third-order valence-electron chi connectivity index (χ3n) is 5.54. The van der Waals surface area contributed by atoms with Crippen LogP contribution in [-0.2, 0) is 0 Å². The lowest BCUT2D eigenvalue weighted by molar-refractivity contribution is 0.0955. The van der Waals surface area contributed by atoms with Crippen LogP contribution in [0.4, 0.5) is 0 Å². The molecule has 0 bridgehead atoms. The SMILES string of the molecule is O=C(N/N=C(\c1ccccc1)c1ccc(Cl)c(Cl)c1)c1cn(-c2ccccc2)nc1-c1ccccc1. The fraction of sp³-hybridized carbons (Fsp3) is 0. The summed E-state index contributed by atoms with van der Waals surface area (Å²) in [7, 11) is 0. The van der Waals surface area contributed by atoms with Gasteiger partial charge in [-0.25, -0.2) is 10.1 Å². The van der Waals surface area contributed by atoms with Crippen molar-refractivity contribution in [2.75, 3.05) is 0 Å². The van der Waals surface area contributed by atoms with Crippen LogP contribution in [0.1, 0.15) is 21.5 Å². The molecule has 1 N–H and O–H groups in total. The van der Waals surface area contributed by atoms with Crippen molar-refractivity contribution in [3.63, 3.8) is 0 Å². The summed E-state index contributed by atoms with van der Waals surface area (Å²) in [5.74, 6) is -0.385. The zero-order chi connectivity index (χ0) is 24.9. The van der Waals surface area contributed by atoms with Gasteiger partial charge in [-0.3, -0.25) is 4.79 Å². The molecule has 0 aliphatic carbocycles. The highest BCUT2D eigenvalue weighted by molar-refractivity contribution is 6.42. The van der Waals surface area contributed by atoms with Crippen molar-refractivity contribution in [1.29, 1.82) is 0 Å². The summed E-state index contributed by atoms with van der Waals surface area (Å²) in [6.07, 6.45) is 1.71. The van der Waals surface area contributed by atoms with Crippen molar-refractivity contribution < 1.29 is 4.79 Å². The molecule has 0 unspecified atom stereocenters. The molecule has 0 spiro atoms. The molecule has 0 saturated heterocycles. The molecule has 5 rings (SSSR count). The number of nitrogens with zero attached hydrogens (tertiary/aromatic N) is 3. The van der Waals surface area contributed by atoms with Gasteiger partial charge in [0, 0.05) is 22.9 Å². The molecule has 5 aromatic rings. The van der Waals surface area contributed by atoms with E-state index in [1.165, 1.54) is 0 Å². The molecule has 0 aliphatic heterocycles. The van der Waals surface area contributed by atoms with Gasteiger partial charge < -0.3 is 0 Å². The molecule has 0 radical (unpaired) electrons. The lowest BCUT2D eigenvalue weighted by Gasteiger charge is -2.09. The summed E-state index contributed by atoms with van der Waals surface area (Å²) in [5, 5.41) is 10.1. The van der Waals surface area contributed by atoms with Gasteiger partial charge in [-0.15, -0.1) is 0 Å². The van der Waals surface area contributed by atoms with Gasteiger partial charge in [-0.05, 0) is 24.3 Å². The van der Waals surface area contributed by atoms with Crippen molar-refractivity contribution in [1.82, 2.24) is 15.2 Å². The third-order valence-corrected chi connectivity index (χ3v) is 6.28. The van der Waals surface area contributed by atoms with E-state index in [1.807, 2.05) is 97.1 Å². The molecule has 36 heavy (non-hydrogen) atoms. The average Bonchev–Trinajstić information content (AvgIpc) is 3.38. The zero-order valence-corrected chi connectivity index (χ0v) is 20.5. The lowest BCUT2D eigenvalue weighted by Crippen LogP contribution is -2.21. The number of hydrazone groups is 1. The van der Waals surface area contributed by atoms with Gasteiger partial charge in [0.15, 0.2) is 0 Å². The van der Waals surface area contributed by atoms with E-state index in [-0.39, 0.29) is 5.91 Å². The number of carbonyl (C=O) groups excluding carboxylic acids is 1. The van der Waals surface area contributed by atoms with Crippen LogP contribution < -0.4 is 5.43 Å². The van der Waals surface area contributed by atoms with Crippen LogP contribution in [0.15, 0.2) is 120 Å². The molecule has 176 valence electrons. The molecule has 7 heteroatoms. The number of nitrogens with one attached hydrogen (secondary N) is 1. The second-order valence-electron chi connectivity index (χ2n) is 7.93. The minimum Gasteiger partial charge on any atom is -0.267 e. The summed E-state index contributed by atoms with van der Waals surface area (Å²) in [6.45, 7) is 0. The zero-order valence-electron chi connectivity index (χ0n) is 19.0. The summed E-state index contributed by atoms with van der Waals surface area (Å²) < 4.78 is 1.69. The van der Waals surface area contributed by atoms with Crippen molar-refractivity contribution >= 4 is 34.8 Å². The maximum Gasteiger partial charge on any atom is 0.275 e. The van der Waals surface area contributed by atoms with Crippen LogP contribution >= 0.6 is 23.2 Å². The Hall–Kier alpha value is -4.19. The Morgan fingerprint density at radius 3 is 2.06 bits per heavy atom. The molecule has 0 saturated carbocycles. The highest BCUT2D eigenvalue weighted by Crippen LogP contribution is 2.25.